The van der Waals surface area contributed by atoms with Crippen molar-refractivity contribution in [1.82, 2.24) is 15.3 Å². The van der Waals surface area contributed by atoms with Crippen LogP contribution < -0.4 is 5.32 Å². The Labute approximate surface area is 83.8 Å². The number of rotatable bonds is 0. The second kappa shape index (κ2) is 4.69. The van der Waals surface area contributed by atoms with E-state index < -0.39 is 0 Å². The summed E-state index contributed by atoms with van der Waals surface area (Å²) in [6, 6.07) is 0. The van der Waals surface area contributed by atoms with Crippen LogP contribution in [0.15, 0.2) is 6.20 Å². The summed E-state index contributed by atoms with van der Waals surface area (Å²) in [7, 11) is 0. The fourth-order valence-electron chi connectivity index (χ4n) is 1.29. The van der Waals surface area contributed by atoms with E-state index in [4.69, 9.17) is 0 Å². The van der Waals surface area contributed by atoms with Crippen molar-refractivity contribution in [3.05, 3.63) is 23.3 Å². The van der Waals surface area contributed by atoms with Crippen LogP contribution in [0.25, 0.3) is 0 Å². The molecule has 0 saturated heterocycles. The molecule has 0 spiro atoms. The van der Waals surface area contributed by atoms with Crippen LogP contribution >= 0.6 is 0 Å². The maximum Gasteiger partial charge on any atom is 0.254 e. The first-order chi connectivity index (χ1) is 6.77. The van der Waals surface area contributed by atoms with Crippen molar-refractivity contribution < 1.29 is 4.79 Å². The van der Waals surface area contributed by atoms with Crippen molar-refractivity contribution in [2.24, 2.45) is 0 Å². The highest BCUT2D eigenvalue weighted by molar-refractivity contribution is 5.95. The van der Waals surface area contributed by atoms with Gasteiger partial charge in [-0.25, -0.2) is 9.97 Å². The first-order valence-electron chi connectivity index (χ1n) is 4.88. The van der Waals surface area contributed by atoms with Gasteiger partial charge >= 0.3 is 0 Å². The Kier molecular flexibility index (Phi) is 3.56. The van der Waals surface area contributed by atoms with Gasteiger partial charge in [0.15, 0.2) is 0 Å². The van der Waals surface area contributed by atoms with Crippen molar-refractivity contribution in [3.63, 3.8) is 0 Å². The zero-order valence-electron chi connectivity index (χ0n) is 8.79. The summed E-state index contributed by atoms with van der Waals surface area (Å²) in [5.74, 6) is 0.666. The molecule has 0 fully saturated rings. The van der Waals surface area contributed by atoms with Crippen molar-refractivity contribution in [2.45, 2.75) is 27.2 Å². The molecule has 1 aliphatic rings. The second-order valence-electron chi connectivity index (χ2n) is 2.78. The lowest BCUT2D eigenvalue weighted by Crippen LogP contribution is -2.32. The van der Waals surface area contributed by atoms with E-state index in [-0.39, 0.29) is 5.91 Å². The van der Waals surface area contributed by atoms with Crippen LogP contribution in [0, 0.1) is 6.92 Å². The van der Waals surface area contributed by atoms with Gasteiger partial charge in [0.25, 0.3) is 5.91 Å². The van der Waals surface area contributed by atoms with Crippen LogP contribution in [-0.2, 0) is 6.42 Å². The van der Waals surface area contributed by atoms with Crippen molar-refractivity contribution in [3.8, 4) is 0 Å². The van der Waals surface area contributed by atoms with Crippen LogP contribution in [0.5, 0.6) is 0 Å². The van der Waals surface area contributed by atoms with E-state index in [1.54, 1.807) is 6.20 Å². The smallest absolute Gasteiger partial charge is 0.254 e. The van der Waals surface area contributed by atoms with Crippen LogP contribution in [0.4, 0.5) is 0 Å². The summed E-state index contributed by atoms with van der Waals surface area (Å²) in [5, 5.41) is 2.74. The summed E-state index contributed by atoms with van der Waals surface area (Å²) >= 11 is 0. The fourth-order valence-corrected chi connectivity index (χ4v) is 1.29. The van der Waals surface area contributed by atoms with Gasteiger partial charge in [0, 0.05) is 19.2 Å². The molecule has 2 rings (SSSR count). The lowest BCUT2D eigenvalue weighted by Gasteiger charge is -2.14. The molecule has 1 aliphatic heterocycles. The van der Waals surface area contributed by atoms with Gasteiger partial charge < -0.3 is 5.32 Å². The van der Waals surface area contributed by atoms with Gasteiger partial charge in [-0.1, -0.05) is 13.8 Å². The number of aryl methyl sites for hydroxylation is 1. The molecule has 0 aromatic carbocycles. The molecular weight excluding hydrogens is 178 g/mol. The Hall–Kier alpha value is -1.45. The number of carbonyl (C=O) groups is 1. The molecule has 1 N–H and O–H groups in total. The maximum absolute atomic E-state index is 11.2. The molecule has 0 bridgehead atoms. The largest absolute Gasteiger partial charge is 0.352 e. The topological polar surface area (TPSA) is 54.9 Å². The van der Waals surface area contributed by atoms with Gasteiger partial charge in [-0.2, -0.15) is 0 Å². The number of aromatic nitrogens is 2. The molecule has 4 nitrogen and oxygen atoms in total. The Bertz CT molecular complexity index is 336. The monoisotopic (exact) mass is 193 g/mol. The predicted molar refractivity (Wildman–Crippen MR) is 54.2 cm³/mol. The Morgan fingerprint density at radius 2 is 2.14 bits per heavy atom. The van der Waals surface area contributed by atoms with E-state index in [9.17, 15) is 4.79 Å². The Morgan fingerprint density at radius 1 is 1.43 bits per heavy atom. The third kappa shape index (κ3) is 2.07. The minimum atomic E-state index is -0.0590. The highest BCUT2D eigenvalue weighted by Gasteiger charge is 2.17. The molecule has 0 aliphatic carbocycles. The molecule has 1 amide bonds. The minimum Gasteiger partial charge on any atom is -0.352 e. The minimum absolute atomic E-state index is 0.0590. The summed E-state index contributed by atoms with van der Waals surface area (Å²) < 4.78 is 0. The molecule has 4 heteroatoms. The maximum atomic E-state index is 11.2. The molecular formula is C10H15N3O. The lowest BCUT2D eigenvalue weighted by atomic mass is 10.1. The number of fused-ring (bicyclic) bond motifs is 1. The fraction of sp³-hybridized carbons (Fsp3) is 0.500. The third-order valence-electron chi connectivity index (χ3n) is 1.88. The van der Waals surface area contributed by atoms with Gasteiger partial charge in [-0.05, 0) is 6.92 Å². The zero-order chi connectivity index (χ0) is 10.6. The summed E-state index contributed by atoms with van der Waals surface area (Å²) in [6.07, 6.45) is 2.40. The summed E-state index contributed by atoms with van der Waals surface area (Å²) in [6.45, 7) is 6.51. The highest BCUT2D eigenvalue weighted by Crippen LogP contribution is 2.09. The number of nitrogens with zero attached hydrogens (tertiary/aromatic N) is 2. The molecule has 1 aromatic heterocycles. The van der Waals surface area contributed by atoms with Crippen LogP contribution in [-0.4, -0.2) is 22.4 Å². The van der Waals surface area contributed by atoms with Crippen LogP contribution in [0.3, 0.4) is 0 Å². The second-order valence-corrected chi connectivity index (χ2v) is 2.78. The molecule has 0 radical (unpaired) electrons. The predicted octanol–water partition coefficient (Wildman–Crippen LogP) is 1.10. The van der Waals surface area contributed by atoms with Crippen molar-refractivity contribution in [1.29, 1.82) is 0 Å². The van der Waals surface area contributed by atoms with Crippen LogP contribution in [0.1, 0.15) is 35.7 Å². The molecule has 14 heavy (non-hydrogen) atoms. The molecule has 0 saturated carbocycles. The number of hydrogen-bond acceptors (Lipinski definition) is 3. The van der Waals surface area contributed by atoms with Crippen molar-refractivity contribution >= 4 is 5.91 Å². The average Bonchev–Trinajstić information content (AvgIpc) is 2.21. The SMILES string of the molecule is CC.Cc1ncc2c(n1)CCNC2=O. The lowest BCUT2D eigenvalue weighted by molar-refractivity contribution is 0.0944. The number of hydrogen-bond donors (Lipinski definition) is 1. The third-order valence-corrected chi connectivity index (χ3v) is 1.88. The molecule has 0 atom stereocenters. The number of carbonyl (C=O) groups excluding carboxylic acids is 1. The van der Waals surface area contributed by atoms with E-state index >= 15 is 0 Å². The molecule has 76 valence electrons. The van der Waals surface area contributed by atoms with Gasteiger partial charge in [0.1, 0.15) is 5.82 Å². The number of amides is 1. The molecule has 1 aromatic rings. The first kappa shape index (κ1) is 10.6. The average molecular weight is 193 g/mol. The van der Waals surface area contributed by atoms with E-state index in [0.717, 1.165) is 17.9 Å². The Balaban J connectivity index is 0.000000461. The molecule has 2 heterocycles. The van der Waals surface area contributed by atoms with E-state index in [1.807, 2.05) is 20.8 Å². The summed E-state index contributed by atoms with van der Waals surface area (Å²) in [4.78, 5) is 19.4. The normalized spacial score (nSPS) is 13.5. The van der Waals surface area contributed by atoms with E-state index in [2.05, 4.69) is 15.3 Å². The van der Waals surface area contributed by atoms with Gasteiger partial charge in [-0.15, -0.1) is 0 Å². The Morgan fingerprint density at radius 3 is 2.86 bits per heavy atom. The standard InChI is InChI=1S/C8H9N3O.C2H6/c1-5-10-4-6-7(11-5)2-3-9-8(6)12;1-2/h4H,2-3H2,1H3,(H,9,12);1-2H3. The van der Waals surface area contributed by atoms with Crippen LogP contribution in [0.2, 0.25) is 0 Å². The zero-order valence-corrected chi connectivity index (χ0v) is 8.79. The quantitative estimate of drug-likeness (QED) is 0.671. The van der Waals surface area contributed by atoms with Gasteiger partial charge in [-0.3, -0.25) is 4.79 Å². The van der Waals surface area contributed by atoms with Gasteiger partial charge in [0.05, 0.1) is 11.3 Å². The highest BCUT2D eigenvalue weighted by atomic mass is 16.1. The van der Waals surface area contributed by atoms with Crippen molar-refractivity contribution in [2.75, 3.05) is 6.54 Å². The number of nitrogens with one attached hydrogen (secondary N) is 1. The van der Waals surface area contributed by atoms with Gasteiger partial charge in [0.2, 0.25) is 0 Å². The molecule has 0 unspecified atom stereocenters. The van der Waals surface area contributed by atoms with E-state index in [0.29, 0.717) is 12.1 Å². The van der Waals surface area contributed by atoms with E-state index in [1.165, 1.54) is 0 Å². The first-order valence-corrected chi connectivity index (χ1v) is 4.88. The summed E-state index contributed by atoms with van der Waals surface area (Å²) in [5.41, 5.74) is 1.48.